The molecule has 1 atom stereocenters. The Morgan fingerprint density at radius 3 is 1.68 bits per heavy atom. The minimum absolute atomic E-state index is 0. The molecule has 4 heterocycles. The summed E-state index contributed by atoms with van der Waals surface area (Å²) < 4.78 is 0. The van der Waals surface area contributed by atoms with Gasteiger partial charge in [-0.3, -0.25) is 0 Å². The Bertz CT molecular complexity index is 1810. The van der Waals surface area contributed by atoms with Gasteiger partial charge in [-0.05, 0) is 44.5 Å². The van der Waals surface area contributed by atoms with Crippen LogP contribution in [0.25, 0.3) is 22.5 Å². The summed E-state index contributed by atoms with van der Waals surface area (Å²) in [6.07, 6.45) is 3.69. The summed E-state index contributed by atoms with van der Waals surface area (Å²) in [5, 5.41) is 11.1. The first-order valence-corrected chi connectivity index (χ1v) is 22.1. The van der Waals surface area contributed by atoms with Gasteiger partial charge in [0.15, 0.2) is 0 Å². The third-order valence-electron chi connectivity index (χ3n) is 8.79. The van der Waals surface area contributed by atoms with Crippen LogP contribution in [0.15, 0.2) is 128 Å². The van der Waals surface area contributed by atoms with E-state index in [0.29, 0.717) is 0 Å². The Labute approximate surface area is 277 Å². The normalized spacial score (nSPS) is 16.1. The van der Waals surface area contributed by atoms with E-state index in [-0.39, 0.29) is 20.1 Å². The molecule has 2 aliphatic heterocycles. The fourth-order valence-electron chi connectivity index (χ4n) is 6.52. The number of hydrogen-bond donors (Lipinski definition) is 0. The minimum atomic E-state index is -1.88. The first-order chi connectivity index (χ1) is 20.9. The maximum Gasteiger partial charge on any atom is 0.0943 e. The maximum absolute atomic E-state index is 4.70. The van der Waals surface area contributed by atoms with Gasteiger partial charge in [-0.15, -0.1) is 64.0 Å². The van der Waals surface area contributed by atoms with E-state index < -0.39 is 24.1 Å². The van der Waals surface area contributed by atoms with E-state index in [1.165, 1.54) is 10.8 Å². The van der Waals surface area contributed by atoms with Crippen LogP contribution in [0.3, 0.4) is 0 Å². The van der Waals surface area contributed by atoms with Gasteiger partial charge >= 0.3 is 0 Å². The summed E-state index contributed by atoms with van der Waals surface area (Å²) in [7, 11) is -4.26. The van der Waals surface area contributed by atoms with Gasteiger partial charge in [0.25, 0.3) is 0 Å². The van der Waals surface area contributed by atoms with Gasteiger partial charge in [-0.2, -0.15) is 0 Å². The monoisotopic (exact) mass is 797 g/mol. The minimum Gasteiger partial charge on any atom is -0.305 e. The molecule has 6 heteroatoms. The van der Waals surface area contributed by atoms with Crippen LogP contribution in [0, 0.1) is 12.1 Å². The van der Waals surface area contributed by atoms with Crippen LogP contribution >= 0.6 is 7.92 Å². The molecule has 0 saturated heterocycles. The fraction of sp³-hybridized carbons (Fsp3) is 0.105. The molecule has 2 nitrogen and oxygen atoms in total. The van der Waals surface area contributed by atoms with E-state index in [2.05, 4.69) is 110 Å². The van der Waals surface area contributed by atoms with Crippen LogP contribution in [0.5, 0.6) is 0 Å². The number of rotatable bonds is 2. The molecule has 4 aromatic carbocycles. The predicted molar refractivity (Wildman–Crippen MR) is 189 cm³/mol. The van der Waals surface area contributed by atoms with Crippen molar-refractivity contribution < 1.29 is 20.1 Å². The Morgan fingerprint density at radius 1 is 0.568 bits per heavy atom. The number of benzene rings is 4. The smallest absolute Gasteiger partial charge is 0.0943 e. The zero-order valence-electron chi connectivity index (χ0n) is 25.3. The average molecular weight is 797 g/mol. The zero-order valence-corrected chi connectivity index (χ0v) is 30.6. The number of fused-ring (bicyclic) bond motifs is 4. The summed E-state index contributed by atoms with van der Waals surface area (Å²) in [5.74, 6) is 0. The second kappa shape index (κ2) is 12.2. The molecule has 0 spiro atoms. The molecule has 0 fully saturated rings. The molecule has 2 aromatic heterocycles. The summed E-state index contributed by atoms with van der Waals surface area (Å²) in [4.78, 5) is 8.92. The molecule has 2 aliphatic rings. The molecule has 219 valence electrons. The third kappa shape index (κ3) is 5.21. The van der Waals surface area contributed by atoms with E-state index >= 15 is 0 Å². The molecule has 1 unspecified atom stereocenters. The van der Waals surface area contributed by atoms with Gasteiger partial charge in [0.1, 0.15) is 0 Å². The fourth-order valence-corrected chi connectivity index (χ4v) is 19.2. The van der Waals surface area contributed by atoms with Gasteiger partial charge < -0.3 is 9.97 Å². The van der Waals surface area contributed by atoms with Crippen molar-refractivity contribution in [3.63, 3.8) is 0 Å². The van der Waals surface area contributed by atoms with Crippen molar-refractivity contribution in [2.24, 2.45) is 0 Å². The van der Waals surface area contributed by atoms with Crippen molar-refractivity contribution in [3.05, 3.63) is 140 Å². The SMILES string of the molecule is C[Si]1(C)c2[c-]c(-c3ccccn3)cc3c2P(c2ccccc21)c1ccccc1[Si]3(C)C.[Ir].[c-]1ccccc1-c1ccccn1. The van der Waals surface area contributed by atoms with Crippen molar-refractivity contribution in [2.45, 2.75) is 26.2 Å². The Kier molecular flexibility index (Phi) is 8.54. The molecule has 0 aliphatic carbocycles. The average Bonchev–Trinajstić information content (AvgIpc) is 3.06. The molecule has 0 bridgehead atoms. The first kappa shape index (κ1) is 30.7. The van der Waals surface area contributed by atoms with Crippen molar-refractivity contribution in [1.82, 2.24) is 9.97 Å². The van der Waals surface area contributed by atoms with Gasteiger partial charge in [0, 0.05) is 32.5 Å². The van der Waals surface area contributed by atoms with Crippen molar-refractivity contribution in [2.75, 3.05) is 0 Å². The summed E-state index contributed by atoms with van der Waals surface area (Å²) in [6, 6.07) is 48.0. The van der Waals surface area contributed by atoms with E-state index in [0.717, 1.165) is 17.0 Å². The largest absolute Gasteiger partial charge is 0.305 e. The van der Waals surface area contributed by atoms with Gasteiger partial charge in [-0.25, -0.2) is 0 Å². The summed E-state index contributed by atoms with van der Waals surface area (Å²) >= 11 is 0. The maximum atomic E-state index is 4.70. The van der Waals surface area contributed by atoms with Gasteiger partial charge in [-0.1, -0.05) is 112 Å². The van der Waals surface area contributed by atoms with E-state index in [1.807, 2.05) is 54.7 Å². The predicted octanol–water partition coefficient (Wildman–Crippen LogP) is 5.13. The van der Waals surface area contributed by atoms with E-state index in [4.69, 9.17) is 4.98 Å². The quantitative estimate of drug-likeness (QED) is 0.138. The molecule has 0 saturated carbocycles. The second-order valence-electron chi connectivity index (χ2n) is 12.1. The Balaban J connectivity index is 0.000000222. The summed E-state index contributed by atoms with van der Waals surface area (Å²) in [6.45, 7) is 10.1. The summed E-state index contributed by atoms with van der Waals surface area (Å²) in [5.41, 5.74) is 4.22. The van der Waals surface area contributed by atoms with Crippen LogP contribution in [0.2, 0.25) is 26.2 Å². The number of nitrogens with zero attached hydrogens (tertiary/aromatic N) is 2. The topological polar surface area (TPSA) is 25.8 Å². The molecule has 6 aromatic rings. The van der Waals surface area contributed by atoms with Crippen molar-refractivity contribution in [3.8, 4) is 22.5 Å². The van der Waals surface area contributed by atoms with Gasteiger partial charge in [0.05, 0.1) is 16.1 Å². The van der Waals surface area contributed by atoms with Crippen LogP contribution in [-0.2, 0) is 20.1 Å². The zero-order chi connectivity index (χ0) is 29.6. The van der Waals surface area contributed by atoms with Crippen molar-refractivity contribution >= 4 is 60.7 Å². The Hall–Kier alpha value is -3.31. The van der Waals surface area contributed by atoms with Crippen LogP contribution in [0.4, 0.5) is 0 Å². The third-order valence-corrected chi connectivity index (χ3v) is 19.2. The van der Waals surface area contributed by atoms with Crippen LogP contribution < -0.4 is 36.7 Å². The molecular weight excluding hydrogens is 764 g/mol. The molecular formula is C38H33IrN2PSi2-2. The molecule has 1 radical (unpaired) electrons. The van der Waals surface area contributed by atoms with E-state index in [9.17, 15) is 0 Å². The second-order valence-corrected chi connectivity index (χ2v) is 22.8. The Morgan fingerprint density at radius 2 is 1.11 bits per heavy atom. The molecule has 44 heavy (non-hydrogen) atoms. The number of hydrogen-bond acceptors (Lipinski definition) is 2. The van der Waals surface area contributed by atoms with Crippen LogP contribution in [-0.4, -0.2) is 26.1 Å². The molecule has 0 N–H and O–H groups in total. The van der Waals surface area contributed by atoms with E-state index in [1.54, 1.807) is 37.7 Å². The molecule has 8 rings (SSSR count). The van der Waals surface area contributed by atoms with Gasteiger partial charge in [0.2, 0.25) is 0 Å². The number of aromatic nitrogens is 2. The van der Waals surface area contributed by atoms with Crippen molar-refractivity contribution in [1.29, 1.82) is 0 Å². The standard InChI is InChI=1S/C27H25NPSi2.C11H8N.Ir/c1-30(2)23-14-7-5-12-21(23)29-22-13-6-8-15-24(22)31(3,4)26-18-19(17-25(30)27(26)29)20-11-9-10-16-28-20;1-2-6-10(7-3-1)11-8-4-5-9-12-11;/h5-17H,1-4H3;1-6,8-9H;/q2*-1;. The first-order valence-electron chi connectivity index (χ1n) is 14.8. The van der Waals surface area contributed by atoms with Crippen LogP contribution in [0.1, 0.15) is 0 Å². The molecule has 0 amide bonds. The number of pyridine rings is 2.